The number of aliphatic hydroxyl groups excluding tert-OH is 1. The Bertz CT molecular complexity index is 918. The number of aliphatic hydroxyl groups is 1. The maximum atomic E-state index is 12.3. The highest BCUT2D eigenvalue weighted by Gasteiger charge is 2.31. The molecule has 0 aliphatic carbocycles. The first-order valence-corrected chi connectivity index (χ1v) is 8.43. The van der Waals surface area contributed by atoms with Crippen LogP contribution in [0.3, 0.4) is 0 Å². The van der Waals surface area contributed by atoms with Crippen molar-refractivity contribution < 1.29 is 23.0 Å². The Morgan fingerprint density at radius 1 is 1.24 bits per heavy atom. The summed E-state index contributed by atoms with van der Waals surface area (Å²) >= 11 is 2.14. The van der Waals surface area contributed by atoms with Crippen molar-refractivity contribution in [3.05, 3.63) is 45.8 Å². The quantitative estimate of drug-likeness (QED) is 0.570. The van der Waals surface area contributed by atoms with Gasteiger partial charge < -0.3 is 14.4 Å². The van der Waals surface area contributed by atoms with Crippen LogP contribution in [0.4, 0.5) is 13.2 Å². The molecule has 0 aliphatic rings. The van der Waals surface area contributed by atoms with Gasteiger partial charge in [-0.25, -0.2) is 4.98 Å². The van der Waals surface area contributed by atoms with E-state index in [1.54, 1.807) is 25.4 Å². The van der Waals surface area contributed by atoms with Gasteiger partial charge in [0.25, 0.3) is 0 Å². The van der Waals surface area contributed by atoms with Gasteiger partial charge >= 0.3 is 6.36 Å². The molecule has 0 saturated heterocycles. The number of aryl methyl sites for hydroxylation is 1. The van der Waals surface area contributed by atoms with Gasteiger partial charge in [0.1, 0.15) is 5.75 Å². The molecule has 3 rings (SSSR count). The summed E-state index contributed by atoms with van der Waals surface area (Å²) < 4.78 is 43.5. The van der Waals surface area contributed by atoms with Crippen LogP contribution < -0.4 is 4.74 Å². The summed E-state index contributed by atoms with van der Waals surface area (Å²) in [6.45, 7) is 1.69. The highest BCUT2D eigenvalue weighted by atomic mass is 127. The summed E-state index contributed by atoms with van der Waals surface area (Å²) in [4.78, 5) is 4.40. The summed E-state index contributed by atoms with van der Waals surface area (Å²) in [5, 5.41) is 10.1. The minimum Gasteiger partial charge on any atom is -0.406 e. The molecule has 1 N–H and O–H groups in total. The molecule has 25 heavy (non-hydrogen) atoms. The van der Waals surface area contributed by atoms with E-state index < -0.39 is 12.5 Å². The first-order valence-electron chi connectivity index (χ1n) is 7.35. The molecule has 0 spiro atoms. The number of rotatable bonds is 3. The van der Waals surface area contributed by atoms with Gasteiger partial charge in [0, 0.05) is 21.7 Å². The predicted molar refractivity (Wildman–Crippen MR) is 96.2 cm³/mol. The van der Waals surface area contributed by atoms with Crippen LogP contribution in [0.1, 0.15) is 18.6 Å². The summed E-state index contributed by atoms with van der Waals surface area (Å²) in [6.07, 6.45) is -3.73. The summed E-state index contributed by atoms with van der Waals surface area (Å²) in [5.74, 6) is -0.274. The number of aromatic nitrogens is 2. The van der Waals surface area contributed by atoms with E-state index in [0.717, 1.165) is 20.2 Å². The van der Waals surface area contributed by atoms with Crippen LogP contribution in [-0.2, 0) is 7.05 Å². The lowest BCUT2D eigenvalue weighted by Gasteiger charge is -2.14. The van der Waals surface area contributed by atoms with Crippen molar-refractivity contribution in [1.29, 1.82) is 0 Å². The number of imidazole rings is 1. The number of fused-ring (bicyclic) bond motifs is 1. The van der Waals surface area contributed by atoms with Crippen molar-refractivity contribution in [2.24, 2.45) is 7.05 Å². The Labute approximate surface area is 155 Å². The SMILES string of the molecule is CC(O)c1c(I)cc(-c2ccc(OC(F)(F)F)cc2)c2ncn(C)c12. The Kier molecular flexibility index (Phi) is 4.67. The van der Waals surface area contributed by atoms with Crippen molar-refractivity contribution in [3.63, 3.8) is 0 Å². The number of hydrogen-bond acceptors (Lipinski definition) is 3. The zero-order chi connectivity index (χ0) is 18.4. The predicted octanol–water partition coefficient (Wildman–Crippen LogP) is 4.80. The molecule has 0 saturated carbocycles. The maximum absolute atomic E-state index is 12.3. The third-order valence-electron chi connectivity index (χ3n) is 3.79. The average Bonchev–Trinajstić information content (AvgIpc) is 2.87. The highest BCUT2D eigenvalue weighted by Crippen LogP contribution is 2.36. The Morgan fingerprint density at radius 3 is 2.44 bits per heavy atom. The second-order valence-corrected chi connectivity index (χ2v) is 6.78. The molecule has 1 unspecified atom stereocenters. The van der Waals surface area contributed by atoms with Gasteiger partial charge in [0.2, 0.25) is 0 Å². The van der Waals surface area contributed by atoms with Crippen LogP contribution in [0.5, 0.6) is 5.75 Å². The van der Waals surface area contributed by atoms with Crippen molar-refractivity contribution in [3.8, 4) is 16.9 Å². The van der Waals surface area contributed by atoms with E-state index in [1.807, 2.05) is 17.7 Å². The molecule has 4 nitrogen and oxygen atoms in total. The standard InChI is InChI=1S/C17H14F3IN2O2/c1-9(24)14-13(21)7-12(15-16(14)23(2)8-22-15)10-3-5-11(6-4-10)25-17(18,19)20/h3-9,24H,1-2H3. The summed E-state index contributed by atoms with van der Waals surface area (Å²) in [7, 11) is 1.83. The van der Waals surface area contributed by atoms with E-state index >= 15 is 0 Å². The minimum absolute atomic E-state index is 0.274. The molecule has 8 heteroatoms. The Morgan fingerprint density at radius 2 is 1.88 bits per heavy atom. The molecule has 132 valence electrons. The van der Waals surface area contributed by atoms with Crippen LogP contribution in [0.15, 0.2) is 36.7 Å². The molecular weight excluding hydrogens is 448 g/mol. The molecular formula is C17H14F3IN2O2. The number of benzene rings is 2. The maximum Gasteiger partial charge on any atom is 0.573 e. The van der Waals surface area contributed by atoms with Crippen LogP contribution in [0.2, 0.25) is 0 Å². The molecule has 0 fully saturated rings. The van der Waals surface area contributed by atoms with Gasteiger partial charge in [-0.05, 0) is 53.3 Å². The topological polar surface area (TPSA) is 47.3 Å². The number of hydrogen-bond donors (Lipinski definition) is 1. The molecule has 0 amide bonds. The van der Waals surface area contributed by atoms with Crippen molar-refractivity contribution in [2.45, 2.75) is 19.4 Å². The van der Waals surface area contributed by atoms with E-state index in [-0.39, 0.29) is 5.75 Å². The lowest BCUT2D eigenvalue weighted by atomic mass is 9.99. The van der Waals surface area contributed by atoms with Gasteiger partial charge in [-0.2, -0.15) is 0 Å². The van der Waals surface area contributed by atoms with E-state index in [2.05, 4.69) is 32.3 Å². The fourth-order valence-corrected chi connectivity index (χ4v) is 3.80. The number of halogens is 4. The number of nitrogens with zero attached hydrogens (tertiary/aromatic N) is 2. The molecule has 1 atom stereocenters. The first kappa shape index (κ1) is 18.0. The summed E-state index contributed by atoms with van der Waals surface area (Å²) in [6, 6.07) is 7.53. The van der Waals surface area contributed by atoms with Crippen LogP contribution in [0.25, 0.3) is 22.2 Å². The average molecular weight is 462 g/mol. The normalized spacial score (nSPS) is 13.2. The molecule has 2 aromatic carbocycles. The minimum atomic E-state index is -4.72. The van der Waals surface area contributed by atoms with Gasteiger partial charge in [-0.1, -0.05) is 12.1 Å². The van der Waals surface area contributed by atoms with Crippen LogP contribution in [-0.4, -0.2) is 21.0 Å². The van der Waals surface area contributed by atoms with Crippen molar-refractivity contribution in [1.82, 2.24) is 9.55 Å². The monoisotopic (exact) mass is 462 g/mol. The van der Waals surface area contributed by atoms with Gasteiger partial charge in [0.15, 0.2) is 0 Å². The zero-order valence-electron chi connectivity index (χ0n) is 13.3. The molecule has 1 aromatic heterocycles. The largest absolute Gasteiger partial charge is 0.573 e. The smallest absolute Gasteiger partial charge is 0.406 e. The number of ether oxygens (including phenoxy) is 1. The molecule has 1 heterocycles. The van der Waals surface area contributed by atoms with Crippen LogP contribution in [0, 0.1) is 3.57 Å². The summed E-state index contributed by atoms with van der Waals surface area (Å²) in [5.41, 5.74) is 3.75. The fourth-order valence-electron chi connectivity index (χ4n) is 2.78. The lowest BCUT2D eigenvalue weighted by Crippen LogP contribution is -2.16. The first-order chi connectivity index (χ1) is 11.7. The zero-order valence-corrected chi connectivity index (χ0v) is 15.5. The highest BCUT2D eigenvalue weighted by molar-refractivity contribution is 14.1. The van der Waals surface area contributed by atoms with Gasteiger partial charge in [-0.3, -0.25) is 0 Å². The van der Waals surface area contributed by atoms with Crippen LogP contribution >= 0.6 is 22.6 Å². The van der Waals surface area contributed by atoms with Gasteiger partial charge in [0.05, 0.1) is 23.5 Å². The van der Waals surface area contributed by atoms with Gasteiger partial charge in [-0.15, -0.1) is 13.2 Å². The van der Waals surface area contributed by atoms with E-state index in [9.17, 15) is 18.3 Å². The third-order valence-corrected chi connectivity index (χ3v) is 4.68. The molecule has 3 aromatic rings. The lowest BCUT2D eigenvalue weighted by molar-refractivity contribution is -0.274. The fraction of sp³-hybridized carbons (Fsp3) is 0.235. The Hall–Kier alpha value is -1.81. The Balaban J connectivity index is 2.12. The van der Waals surface area contributed by atoms with E-state index in [4.69, 9.17) is 0 Å². The van der Waals surface area contributed by atoms with Crippen molar-refractivity contribution in [2.75, 3.05) is 0 Å². The molecule has 0 radical (unpaired) electrons. The van der Waals surface area contributed by atoms with E-state index in [0.29, 0.717) is 11.1 Å². The second kappa shape index (κ2) is 6.49. The van der Waals surface area contributed by atoms with E-state index in [1.165, 1.54) is 12.1 Å². The molecule has 0 aliphatic heterocycles. The molecule has 0 bridgehead atoms. The second-order valence-electron chi connectivity index (χ2n) is 5.62. The van der Waals surface area contributed by atoms with Crippen molar-refractivity contribution >= 4 is 33.6 Å². The third kappa shape index (κ3) is 3.59. The number of alkyl halides is 3.